The number of unbranched alkanes of at least 4 members (excludes halogenated alkanes) is 13. The zero-order valence-electron chi connectivity index (χ0n) is 17.9. The van der Waals surface area contributed by atoms with Crippen LogP contribution in [0.25, 0.3) is 5.59 Å². The van der Waals surface area contributed by atoms with Gasteiger partial charge in [0, 0.05) is 11.5 Å². The van der Waals surface area contributed by atoms with Gasteiger partial charge in [-0.1, -0.05) is 84.0 Å². The lowest BCUT2D eigenvalue weighted by Gasteiger charge is -2.40. The first-order valence-electron chi connectivity index (χ1n) is 11.4. The molecule has 0 bridgehead atoms. The standard InChI is InChI=1S/C22H46NS.NO/c1-3-5-6-7-8-9-10-11-12-13-14-15-16-17-18-23(4-2)19-21-24-22-20-23;1-2/h3-22H2,1-2H3;/q+1;-1. The highest BCUT2D eigenvalue weighted by atomic mass is 32.2. The van der Waals surface area contributed by atoms with Crippen molar-refractivity contribution in [3.05, 3.63) is 10.5 Å². The van der Waals surface area contributed by atoms with Crippen molar-refractivity contribution in [2.45, 2.75) is 104 Å². The SMILES string of the molecule is CCCCCCCCCCCCCCCC[N+]1(CC)CCSCC1.[N-]=O. The summed E-state index contributed by atoms with van der Waals surface area (Å²) >= 11 is 2.16. The highest BCUT2D eigenvalue weighted by Crippen LogP contribution is 2.20. The lowest BCUT2D eigenvalue weighted by molar-refractivity contribution is -0.923. The van der Waals surface area contributed by atoms with Crippen LogP contribution in [0.4, 0.5) is 0 Å². The van der Waals surface area contributed by atoms with Crippen molar-refractivity contribution < 1.29 is 4.48 Å². The molecule has 0 aromatic rings. The van der Waals surface area contributed by atoms with Gasteiger partial charge in [0.1, 0.15) is 0 Å². The Kier molecular flexibility index (Phi) is 19.6. The molecule has 1 fully saturated rings. The van der Waals surface area contributed by atoms with Crippen LogP contribution in [0.1, 0.15) is 104 Å². The fourth-order valence-corrected chi connectivity index (χ4v) is 5.31. The molecule has 1 rings (SSSR count). The molecule has 1 aliphatic rings. The van der Waals surface area contributed by atoms with Gasteiger partial charge in [-0.2, -0.15) is 11.8 Å². The van der Waals surface area contributed by atoms with Gasteiger partial charge in [0.05, 0.1) is 26.2 Å². The zero-order chi connectivity index (χ0) is 19.3. The van der Waals surface area contributed by atoms with Gasteiger partial charge in [-0.15, -0.1) is 0 Å². The van der Waals surface area contributed by atoms with Crippen LogP contribution in [-0.2, 0) is 0 Å². The number of hydrogen-bond acceptors (Lipinski definition) is 2. The Morgan fingerprint density at radius 1 is 0.654 bits per heavy atom. The van der Waals surface area contributed by atoms with Gasteiger partial charge in [0.25, 0.3) is 0 Å². The minimum atomic E-state index is 1.36. The maximum absolute atomic E-state index is 7.25. The average molecular weight is 387 g/mol. The summed E-state index contributed by atoms with van der Waals surface area (Å²) in [6, 6.07) is 0. The molecule has 1 heterocycles. The molecule has 0 N–H and O–H groups in total. The number of thioether (sulfide) groups is 1. The van der Waals surface area contributed by atoms with E-state index in [2.05, 4.69) is 25.6 Å². The Bertz CT molecular complexity index is 283. The molecule has 1 saturated heterocycles. The van der Waals surface area contributed by atoms with Gasteiger partial charge >= 0.3 is 0 Å². The number of nitroso groups, excluding NO2 is 1. The second kappa shape index (κ2) is 19.7. The average Bonchev–Trinajstić information content (AvgIpc) is 2.70. The van der Waals surface area contributed by atoms with Crippen LogP contribution in [-0.4, -0.2) is 42.2 Å². The van der Waals surface area contributed by atoms with Gasteiger partial charge in [-0.25, -0.2) is 0 Å². The van der Waals surface area contributed by atoms with Crippen molar-refractivity contribution in [2.75, 3.05) is 37.7 Å². The number of rotatable bonds is 16. The quantitative estimate of drug-likeness (QED) is 0.205. The first kappa shape index (κ1) is 25.9. The van der Waals surface area contributed by atoms with E-state index >= 15 is 0 Å². The van der Waals surface area contributed by atoms with Crippen LogP contribution in [0, 0.1) is 4.91 Å². The first-order valence-corrected chi connectivity index (χ1v) is 12.6. The molecule has 3 nitrogen and oxygen atoms in total. The van der Waals surface area contributed by atoms with E-state index in [9.17, 15) is 0 Å². The highest BCUT2D eigenvalue weighted by molar-refractivity contribution is 7.99. The van der Waals surface area contributed by atoms with Crippen molar-refractivity contribution in [2.24, 2.45) is 0 Å². The molecule has 0 aliphatic carbocycles. The third-order valence-electron chi connectivity index (χ3n) is 6.08. The molecular formula is C22H46N2OS. The predicted molar refractivity (Wildman–Crippen MR) is 120 cm³/mol. The third-order valence-corrected chi connectivity index (χ3v) is 7.02. The van der Waals surface area contributed by atoms with Crippen LogP contribution >= 0.6 is 11.8 Å². The zero-order valence-corrected chi connectivity index (χ0v) is 18.7. The van der Waals surface area contributed by atoms with Crippen LogP contribution in [0.5, 0.6) is 0 Å². The van der Waals surface area contributed by atoms with Crippen molar-refractivity contribution >= 4 is 11.8 Å². The second-order valence-electron chi connectivity index (χ2n) is 8.04. The summed E-state index contributed by atoms with van der Waals surface area (Å²) in [4.78, 5) is 7.25. The Balaban J connectivity index is 0.00000301. The summed E-state index contributed by atoms with van der Waals surface area (Å²) in [5.74, 6) is 2.79. The van der Waals surface area contributed by atoms with Gasteiger partial charge in [0.15, 0.2) is 0 Å². The van der Waals surface area contributed by atoms with Crippen LogP contribution in [0.2, 0.25) is 0 Å². The molecule has 0 unspecified atom stereocenters. The Hall–Kier alpha value is -0.0900. The van der Waals surface area contributed by atoms with Crippen molar-refractivity contribution in [3.63, 3.8) is 0 Å². The lowest BCUT2D eigenvalue weighted by Crippen LogP contribution is -2.53. The molecule has 0 spiro atoms. The number of nitrogens with zero attached hydrogens (tertiary/aromatic N) is 2. The van der Waals surface area contributed by atoms with E-state index in [-0.39, 0.29) is 0 Å². The fraction of sp³-hybridized carbons (Fsp3) is 1.00. The van der Waals surface area contributed by atoms with Gasteiger partial charge in [0.2, 0.25) is 0 Å². The molecule has 0 radical (unpaired) electrons. The molecular weight excluding hydrogens is 340 g/mol. The molecule has 0 amide bonds. The summed E-state index contributed by atoms with van der Waals surface area (Å²) in [5.41, 5.74) is 5.75. The smallest absolute Gasteiger partial charge is 0.0878 e. The monoisotopic (exact) mass is 386 g/mol. The second-order valence-corrected chi connectivity index (χ2v) is 9.26. The molecule has 0 atom stereocenters. The van der Waals surface area contributed by atoms with Crippen LogP contribution < -0.4 is 0 Å². The van der Waals surface area contributed by atoms with E-state index < -0.39 is 0 Å². The molecule has 156 valence electrons. The maximum atomic E-state index is 7.25. The van der Waals surface area contributed by atoms with Gasteiger partial charge in [-0.3, -0.25) is 0 Å². The minimum Gasteiger partial charge on any atom is -0.577 e. The normalized spacial score (nSPS) is 16.1. The molecule has 0 aromatic heterocycles. The topological polar surface area (TPSA) is 39.4 Å². The fourth-order valence-electron chi connectivity index (χ4n) is 4.07. The van der Waals surface area contributed by atoms with Crippen molar-refractivity contribution in [3.8, 4) is 0 Å². The molecule has 4 heteroatoms. The summed E-state index contributed by atoms with van der Waals surface area (Å²) in [6.07, 6.45) is 20.6. The van der Waals surface area contributed by atoms with Gasteiger partial charge < -0.3 is 15.0 Å². The number of hydrogen-bond donors (Lipinski definition) is 0. The molecule has 26 heavy (non-hydrogen) atoms. The van der Waals surface area contributed by atoms with E-state index in [4.69, 9.17) is 10.5 Å². The largest absolute Gasteiger partial charge is 0.577 e. The molecule has 1 aliphatic heterocycles. The molecule has 0 aromatic carbocycles. The Labute approximate surface area is 168 Å². The summed E-state index contributed by atoms with van der Waals surface area (Å²) < 4.78 is 1.42. The van der Waals surface area contributed by atoms with Crippen molar-refractivity contribution in [1.82, 2.24) is 0 Å². The molecule has 0 saturated carbocycles. The summed E-state index contributed by atoms with van der Waals surface area (Å²) in [5, 5.41) is 0. The van der Waals surface area contributed by atoms with E-state index in [1.165, 1.54) is 132 Å². The Morgan fingerprint density at radius 2 is 1.04 bits per heavy atom. The van der Waals surface area contributed by atoms with Crippen molar-refractivity contribution in [1.29, 1.82) is 0 Å². The Morgan fingerprint density at radius 3 is 1.42 bits per heavy atom. The highest BCUT2D eigenvalue weighted by Gasteiger charge is 2.27. The minimum absolute atomic E-state index is 1.36. The first-order chi connectivity index (χ1) is 12.8. The van der Waals surface area contributed by atoms with E-state index in [0.717, 1.165) is 0 Å². The summed E-state index contributed by atoms with van der Waals surface area (Å²) in [6.45, 7) is 10.4. The van der Waals surface area contributed by atoms with E-state index in [0.29, 0.717) is 0 Å². The van der Waals surface area contributed by atoms with Crippen LogP contribution in [0.3, 0.4) is 0 Å². The van der Waals surface area contributed by atoms with Crippen LogP contribution in [0.15, 0.2) is 0 Å². The third kappa shape index (κ3) is 14.0. The van der Waals surface area contributed by atoms with E-state index in [1.54, 1.807) is 0 Å². The van der Waals surface area contributed by atoms with Gasteiger partial charge in [-0.05, 0) is 19.8 Å². The lowest BCUT2D eigenvalue weighted by atomic mass is 10.0. The maximum Gasteiger partial charge on any atom is 0.0878 e. The number of quaternary nitrogens is 1. The van der Waals surface area contributed by atoms with E-state index in [1.807, 2.05) is 0 Å². The predicted octanol–water partition coefficient (Wildman–Crippen LogP) is 7.37. The summed E-state index contributed by atoms with van der Waals surface area (Å²) in [7, 11) is 0.